The lowest BCUT2D eigenvalue weighted by Gasteiger charge is -2.26. The van der Waals surface area contributed by atoms with Gasteiger partial charge in [-0.1, -0.05) is 18.2 Å². The molecule has 0 heterocycles. The van der Waals surface area contributed by atoms with E-state index in [0.29, 0.717) is 22.6 Å². The molecule has 0 fully saturated rings. The minimum Gasteiger partial charge on any atom is -0.493 e. The van der Waals surface area contributed by atoms with Crippen LogP contribution in [0.15, 0.2) is 42.5 Å². The van der Waals surface area contributed by atoms with Crippen molar-refractivity contribution in [3.63, 3.8) is 0 Å². The number of ether oxygens (including phenoxy) is 2. The van der Waals surface area contributed by atoms with Crippen LogP contribution >= 0.6 is 0 Å². The van der Waals surface area contributed by atoms with E-state index in [1.807, 2.05) is 0 Å². The van der Waals surface area contributed by atoms with Crippen LogP contribution in [0.2, 0.25) is 0 Å². The molecule has 0 aromatic heterocycles. The number of carbonyl (C=O) groups is 1. The first-order chi connectivity index (χ1) is 11.0. The van der Waals surface area contributed by atoms with Crippen molar-refractivity contribution in [2.45, 2.75) is 13.0 Å². The highest BCUT2D eigenvalue weighted by atomic mass is 19.1. The molecule has 0 spiro atoms. The molecule has 0 saturated heterocycles. The van der Waals surface area contributed by atoms with Crippen molar-refractivity contribution >= 4 is 5.91 Å². The fourth-order valence-corrected chi connectivity index (χ4v) is 2.37. The van der Waals surface area contributed by atoms with Crippen LogP contribution in [0, 0.1) is 5.82 Å². The smallest absolute Gasteiger partial charge is 0.254 e. The van der Waals surface area contributed by atoms with E-state index in [1.165, 1.54) is 25.2 Å². The Kier molecular flexibility index (Phi) is 5.21. The number of hydrogen-bond acceptors (Lipinski definition) is 3. The fraction of sp³-hybridized carbons (Fsp3) is 0.278. The number of carbonyl (C=O) groups excluding carboxylic acids is 1. The summed E-state index contributed by atoms with van der Waals surface area (Å²) in [6.45, 7) is 1.79. The Morgan fingerprint density at radius 2 is 1.74 bits per heavy atom. The van der Waals surface area contributed by atoms with Crippen LogP contribution < -0.4 is 9.47 Å². The first kappa shape index (κ1) is 16.8. The Balaban J connectivity index is 2.27. The van der Waals surface area contributed by atoms with Crippen LogP contribution in [-0.4, -0.2) is 32.1 Å². The molecule has 0 N–H and O–H groups in total. The molecule has 5 heteroatoms. The number of benzene rings is 2. The minimum absolute atomic E-state index is 0.221. The zero-order chi connectivity index (χ0) is 17.0. The van der Waals surface area contributed by atoms with Crippen LogP contribution in [0.4, 0.5) is 4.39 Å². The van der Waals surface area contributed by atoms with Crippen molar-refractivity contribution in [2.24, 2.45) is 0 Å². The normalized spacial score (nSPS) is 11.7. The molecule has 122 valence electrons. The molecule has 1 atom stereocenters. The summed E-state index contributed by atoms with van der Waals surface area (Å²) >= 11 is 0. The maximum absolute atomic E-state index is 13.9. The van der Waals surface area contributed by atoms with Gasteiger partial charge in [0, 0.05) is 18.2 Å². The molecule has 2 aromatic carbocycles. The Labute approximate surface area is 135 Å². The summed E-state index contributed by atoms with van der Waals surface area (Å²) < 4.78 is 24.3. The number of methoxy groups -OCH3 is 2. The number of nitrogens with zero attached hydrogens (tertiary/aromatic N) is 1. The van der Waals surface area contributed by atoms with Crippen LogP contribution in [0.5, 0.6) is 11.5 Å². The van der Waals surface area contributed by atoms with Gasteiger partial charge in [0.2, 0.25) is 0 Å². The quantitative estimate of drug-likeness (QED) is 0.844. The molecule has 4 nitrogen and oxygen atoms in total. The van der Waals surface area contributed by atoms with Gasteiger partial charge in [0.15, 0.2) is 11.5 Å². The van der Waals surface area contributed by atoms with Crippen molar-refractivity contribution < 1.29 is 18.7 Å². The van der Waals surface area contributed by atoms with Crippen molar-refractivity contribution in [1.29, 1.82) is 0 Å². The van der Waals surface area contributed by atoms with Gasteiger partial charge in [0.1, 0.15) is 5.82 Å². The predicted octanol–water partition coefficient (Wildman–Crippen LogP) is 3.68. The lowest BCUT2D eigenvalue weighted by atomic mass is 10.1. The monoisotopic (exact) mass is 317 g/mol. The molecule has 2 aromatic rings. The van der Waals surface area contributed by atoms with E-state index in [1.54, 1.807) is 50.4 Å². The molecule has 0 aliphatic carbocycles. The third-order valence-electron chi connectivity index (χ3n) is 3.89. The summed E-state index contributed by atoms with van der Waals surface area (Å²) in [6.07, 6.45) is 0. The van der Waals surface area contributed by atoms with Gasteiger partial charge in [-0.15, -0.1) is 0 Å². The maximum atomic E-state index is 13.9. The predicted molar refractivity (Wildman–Crippen MR) is 86.5 cm³/mol. The first-order valence-electron chi connectivity index (χ1n) is 7.23. The largest absolute Gasteiger partial charge is 0.493 e. The summed E-state index contributed by atoms with van der Waals surface area (Å²) in [4.78, 5) is 14.1. The molecular formula is C18H20FNO3. The van der Waals surface area contributed by atoms with Crippen LogP contribution in [0.25, 0.3) is 0 Å². The third-order valence-corrected chi connectivity index (χ3v) is 3.89. The lowest BCUT2D eigenvalue weighted by molar-refractivity contribution is 0.0740. The minimum atomic E-state index is -0.392. The average molecular weight is 317 g/mol. The molecular weight excluding hydrogens is 297 g/mol. The van der Waals surface area contributed by atoms with E-state index in [-0.39, 0.29) is 11.7 Å². The summed E-state index contributed by atoms with van der Waals surface area (Å²) in [5.41, 5.74) is 0.928. The second kappa shape index (κ2) is 7.13. The lowest BCUT2D eigenvalue weighted by Crippen LogP contribution is -2.30. The van der Waals surface area contributed by atoms with Crippen molar-refractivity contribution in [1.82, 2.24) is 4.90 Å². The molecule has 0 bridgehead atoms. The SMILES string of the molecule is COc1ccc(C(=O)N(C)C(C)c2ccccc2F)cc1OC. The highest BCUT2D eigenvalue weighted by Gasteiger charge is 2.22. The molecule has 1 amide bonds. The third kappa shape index (κ3) is 3.44. The van der Waals surface area contributed by atoms with E-state index >= 15 is 0 Å². The van der Waals surface area contributed by atoms with Gasteiger partial charge in [-0.05, 0) is 31.2 Å². The molecule has 0 radical (unpaired) electrons. The summed E-state index contributed by atoms with van der Waals surface area (Å²) in [5.74, 6) is 0.479. The first-order valence-corrected chi connectivity index (χ1v) is 7.23. The highest BCUT2D eigenvalue weighted by molar-refractivity contribution is 5.95. The number of halogens is 1. The van der Waals surface area contributed by atoms with Gasteiger partial charge in [-0.3, -0.25) is 4.79 Å². The van der Waals surface area contributed by atoms with E-state index in [9.17, 15) is 9.18 Å². The van der Waals surface area contributed by atoms with Gasteiger partial charge in [0.25, 0.3) is 5.91 Å². The molecule has 0 aliphatic rings. The molecule has 2 rings (SSSR count). The second-order valence-corrected chi connectivity index (χ2v) is 5.18. The number of hydrogen-bond donors (Lipinski definition) is 0. The maximum Gasteiger partial charge on any atom is 0.254 e. The van der Waals surface area contributed by atoms with Crippen molar-refractivity contribution in [3.05, 3.63) is 59.4 Å². The molecule has 23 heavy (non-hydrogen) atoms. The van der Waals surface area contributed by atoms with Gasteiger partial charge in [-0.2, -0.15) is 0 Å². The van der Waals surface area contributed by atoms with Gasteiger partial charge in [0.05, 0.1) is 20.3 Å². The van der Waals surface area contributed by atoms with Crippen molar-refractivity contribution in [3.8, 4) is 11.5 Å². The second-order valence-electron chi connectivity index (χ2n) is 5.18. The molecule has 0 aliphatic heterocycles. The zero-order valence-electron chi connectivity index (χ0n) is 13.7. The Morgan fingerprint density at radius 1 is 1.09 bits per heavy atom. The standard InChI is InChI=1S/C18H20FNO3/c1-12(14-7-5-6-8-15(14)19)20(2)18(21)13-9-10-16(22-3)17(11-13)23-4/h5-12H,1-4H3. The molecule has 1 unspecified atom stereocenters. The Hall–Kier alpha value is -2.56. The van der Waals surface area contributed by atoms with Gasteiger partial charge >= 0.3 is 0 Å². The summed E-state index contributed by atoms with van der Waals surface area (Å²) in [7, 11) is 4.69. The zero-order valence-corrected chi connectivity index (χ0v) is 13.7. The van der Waals surface area contributed by atoms with Crippen molar-refractivity contribution in [2.75, 3.05) is 21.3 Å². The van der Waals surface area contributed by atoms with Gasteiger partial charge < -0.3 is 14.4 Å². The fourth-order valence-electron chi connectivity index (χ4n) is 2.37. The van der Waals surface area contributed by atoms with E-state index < -0.39 is 6.04 Å². The average Bonchev–Trinajstić information content (AvgIpc) is 2.59. The Morgan fingerprint density at radius 3 is 2.35 bits per heavy atom. The topological polar surface area (TPSA) is 38.8 Å². The highest BCUT2D eigenvalue weighted by Crippen LogP contribution is 2.29. The summed E-state index contributed by atoms with van der Waals surface area (Å²) in [5, 5.41) is 0. The van der Waals surface area contributed by atoms with Gasteiger partial charge in [-0.25, -0.2) is 4.39 Å². The molecule has 0 saturated carbocycles. The van der Waals surface area contributed by atoms with Crippen LogP contribution in [0.1, 0.15) is 28.9 Å². The number of amides is 1. The summed E-state index contributed by atoms with van der Waals surface area (Å²) in [6, 6.07) is 11.0. The van der Waals surface area contributed by atoms with Crippen LogP contribution in [-0.2, 0) is 0 Å². The van der Waals surface area contributed by atoms with E-state index in [0.717, 1.165) is 0 Å². The Bertz CT molecular complexity index is 702. The van der Waals surface area contributed by atoms with E-state index in [2.05, 4.69) is 0 Å². The number of rotatable bonds is 5. The van der Waals surface area contributed by atoms with Crippen LogP contribution in [0.3, 0.4) is 0 Å². The van der Waals surface area contributed by atoms with E-state index in [4.69, 9.17) is 9.47 Å².